The van der Waals surface area contributed by atoms with Gasteiger partial charge in [0.1, 0.15) is 5.82 Å². The molecule has 2 amide bonds. The van der Waals surface area contributed by atoms with Crippen LogP contribution in [-0.4, -0.2) is 79.1 Å². The summed E-state index contributed by atoms with van der Waals surface area (Å²) >= 11 is 0. The Hall–Kier alpha value is -2.15. The Morgan fingerprint density at radius 3 is 2.14 bits per heavy atom. The summed E-state index contributed by atoms with van der Waals surface area (Å²) in [6.07, 6.45) is 1.76. The fourth-order valence-corrected chi connectivity index (χ4v) is 2.72. The molecule has 0 saturated carbocycles. The second kappa shape index (κ2) is 6.74. The van der Waals surface area contributed by atoms with Crippen LogP contribution in [0.2, 0.25) is 0 Å². The molecule has 0 aliphatic carbocycles. The molecule has 0 N–H and O–H groups in total. The number of pyridine rings is 1. The SMILES string of the molecule is O=C(C(=O)N1CCN(c2ccccn2)CC1)N1CCOCC1. The van der Waals surface area contributed by atoms with Crippen LogP contribution in [0.5, 0.6) is 0 Å². The van der Waals surface area contributed by atoms with Gasteiger partial charge >= 0.3 is 11.8 Å². The predicted octanol–water partition coefficient (Wildman–Crippen LogP) is -0.411. The second-order valence-electron chi connectivity index (χ2n) is 5.37. The number of ether oxygens (including phenoxy) is 1. The lowest BCUT2D eigenvalue weighted by Crippen LogP contribution is -2.54. The summed E-state index contributed by atoms with van der Waals surface area (Å²) in [5.41, 5.74) is 0. The van der Waals surface area contributed by atoms with Crippen molar-refractivity contribution in [2.75, 3.05) is 57.4 Å². The summed E-state index contributed by atoms with van der Waals surface area (Å²) in [6.45, 7) is 4.49. The molecule has 3 rings (SSSR count). The smallest absolute Gasteiger partial charge is 0.312 e. The zero-order chi connectivity index (χ0) is 15.4. The molecule has 0 aromatic carbocycles. The van der Waals surface area contributed by atoms with Gasteiger partial charge in [0.2, 0.25) is 0 Å². The molecule has 7 heteroatoms. The van der Waals surface area contributed by atoms with E-state index in [1.54, 1.807) is 16.0 Å². The van der Waals surface area contributed by atoms with Gasteiger partial charge in [0, 0.05) is 45.5 Å². The van der Waals surface area contributed by atoms with Crippen molar-refractivity contribution >= 4 is 17.6 Å². The number of piperazine rings is 1. The molecule has 0 radical (unpaired) electrons. The van der Waals surface area contributed by atoms with Crippen LogP contribution in [0.25, 0.3) is 0 Å². The van der Waals surface area contributed by atoms with Crippen LogP contribution < -0.4 is 4.90 Å². The molecule has 2 aliphatic heterocycles. The Morgan fingerprint density at radius 1 is 0.909 bits per heavy atom. The molecule has 3 heterocycles. The monoisotopic (exact) mass is 304 g/mol. The summed E-state index contributed by atoms with van der Waals surface area (Å²) in [4.78, 5) is 34.2. The highest BCUT2D eigenvalue weighted by atomic mass is 16.5. The summed E-state index contributed by atoms with van der Waals surface area (Å²) in [5.74, 6) is 0.103. The highest BCUT2D eigenvalue weighted by Crippen LogP contribution is 2.13. The minimum atomic E-state index is -0.408. The van der Waals surface area contributed by atoms with Crippen molar-refractivity contribution in [3.8, 4) is 0 Å². The maximum Gasteiger partial charge on any atom is 0.312 e. The Morgan fingerprint density at radius 2 is 1.55 bits per heavy atom. The van der Waals surface area contributed by atoms with Gasteiger partial charge in [-0.05, 0) is 12.1 Å². The van der Waals surface area contributed by atoms with Gasteiger partial charge in [-0.3, -0.25) is 9.59 Å². The van der Waals surface area contributed by atoms with Crippen molar-refractivity contribution in [2.45, 2.75) is 0 Å². The molecule has 1 aromatic rings. The summed E-state index contributed by atoms with van der Waals surface area (Å²) < 4.78 is 5.21. The lowest BCUT2D eigenvalue weighted by Gasteiger charge is -2.36. The first kappa shape index (κ1) is 14.8. The topological polar surface area (TPSA) is 66.0 Å². The van der Waals surface area contributed by atoms with Crippen LogP contribution in [0.4, 0.5) is 5.82 Å². The van der Waals surface area contributed by atoms with Gasteiger partial charge < -0.3 is 19.4 Å². The molecule has 118 valence electrons. The average Bonchev–Trinajstić information content (AvgIpc) is 2.62. The van der Waals surface area contributed by atoms with Crippen molar-refractivity contribution in [3.05, 3.63) is 24.4 Å². The van der Waals surface area contributed by atoms with E-state index in [1.165, 1.54) is 0 Å². The van der Waals surface area contributed by atoms with Gasteiger partial charge in [0.15, 0.2) is 0 Å². The largest absolute Gasteiger partial charge is 0.378 e. The van der Waals surface area contributed by atoms with Crippen molar-refractivity contribution < 1.29 is 14.3 Å². The lowest BCUT2D eigenvalue weighted by atomic mass is 10.2. The van der Waals surface area contributed by atoms with Crippen LogP contribution in [-0.2, 0) is 14.3 Å². The second-order valence-corrected chi connectivity index (χ2v) is 5.37. The lowest BCUT2D eigenvalue weighted by molar-refractivity contribution is -0.154. The van der Waals surface area contributed by atoms with E-state index < -0.39 is 11.8 Å². The number of nitrogens with zero attached hydrogens (tertiary/aromatic N) is 4. The van der Waals surface area contributed by atoms with Crippen molar-refractivity contribution in [3.63, 3.8) is 0 Å². The number of hydrogen-bond donors (Lipinski definition) is 0. The van der Waals surface area contributed by atoms with E-state index in [0.717, 1.165) is 5.82 Å². The third-order valence-electron chi connectivity index (χ3n) is 4.02. The number of morpholine rings is 1. The van der Waals surface area contributed by atoms with Crippen LogP contribution in [0.1, 0.15) is 0 Å². The first-order chi connectivity index (χ1) is 10.8. The maximum atomic E-state index is 12.3. The summed E-state index contributed by atoms with van der Waals surface area (Å²) in [5, 5.41) is 0. The molecule has 7 nitrogen and oxygen atoms in total. The van der Waals surface area contributed by atoms with Gasteiger partial charge in [0.05, 0.1) is 13.2 Å². The molecule has 0 spiro atoms. The minimum Gasteiger partial charge on any atom is -0.378 e. The number of anilines is 1. The fourth-order valence-electron chi connectivity index (χ4n) is 2.72. The van der Waals surface area contributed by atoms with Gasteiger partial charge in [-0.25, -0.2) is 4.98 Å². The van der Waals surface area contributed by atoms with Crippen LogP contribution in [0.15, 0.2) is 24.4 Å². The molecule has 2 fully saturated rings. The Kier molecular flexibility index (Phi) is 4.53. The number of hydrogen-bond acceptors (Lipinski definition) is 5. The molecule has 0 bridgehead atoms. The number of rotatable bonds is 1. The Balaban J connectivity index is 1.54. The quantitative estimate of drug-likeness (QED) is 0.660. The van der Waals surface area contributed by atoms with Crippen LogP contribution in [0.3, 0.4) is 0 Å². The number of carbonyl (C=O) groups excluding carboxylic acids is 2. The zero-order valence-electron chi connectivity index (χ0n) is 12.5. The van der Waals surface area contributed by atoms with Crippen molar-refractivity contribution in [1.82, 2.24) is 14.8 Å². The van der Waals surface area contributed by atoms with E-state index in [0.29, 0.717) is 52.5 Å². The normalized spacial score (nSPS) is 19.2. The first-order valence-corrected chi connectivity index (χ1v) is 7.57. The van der Waals surface area contributed by atoms with Gasteiger partial charge in [-0.1, -0.05) is 6.07 Å². The highest BCUT2D eigenvalue weighted by molar-refractivity contribution is 6.34. The van der Waals surface area contributed by atoms with Crippen LogP contribution >= 0.6 is 0 Å². The Bertz CT molecular complexity index is 523. The molecular weight excluding hydrogens is 284 g/mol. The Labute approximate surface area is 129 Å². The van der Waals surface area contributed by atoms with E-state index in [1.807, 2.05) is 18.2 Å². The van der Waals surface area contributed by atoms with Crippen molar-refractivity contribution in [2.24, 2.45) is 0 Å². The fraction of sp³-hybridized carbons (Fsp3) is 0.533. The van der Waals surface area contributed by atoms with Gasteiger partial charge in [0.25, 0.3) is 0 Å². The molecule has 0 atom stereocenters. The summed E-state index contributed by atoms with van der Waals surface area (Å²) in [6, 6.07) is 5.78. The number of carbonyl (C=O) groups is 2. The first-order valence-electron chi connectivity index (χ1n) is 7.57. The maximum absolute atomic E-state index is 12.3. The van der Waals surface area contributed by atoms with Gasteiger partial charge in [-0.15, -0.1) is 0 Å². The van der Waals surface area contributed by atoms with E-state index >= 15 is 0 Å². The van der Waals surface area contributed by atoms with E-state index in [-0.39, 0.29) is 0 Å². The molecule has 22 heavy (non-hydrogen) atoms. The third-order valence-corrected chi connectivity index (χ3v) is 4.02. The standard InChI is InChI=1S/C15H20N4O3/c20-14(15(21)19-9-11-22-12-10-19)18-7-5-17(6-8-18)13-3-1-2-4-16-13/h1-4H,5-12H2. The van der Waals surface area contributed by atoms with Crippen LogP contribution in [0, 0.1) is 0 Å². The molecular formula is C15H20N4O3. The number of amides is 2. The molecule has 1 aromatic heterocycles. The van der Waals surface area contributed by atoms with Crippen molar-refractivity contribution in [1.29, 1.82) is 0 Å². The molecule has 2 aliphatic rings. The minimum absolute atomic E-state index is 0.400. The third kappa shape index (κ3) is 3.19. The van der Waals surface area contributed by atoms with Gasteiger partial charge in [-0.2, -0.15) is 0 Å². The number of aromatic nitrogens is 1. The molecule has 0 unspecified atom stereocenters. The zero-order valence-corrected chi connectivity index (χ0v) is 12.5. The van der Waals surface area contributed by atoms with E-state index in [4.69, 9.17) is 4.74 Å². The van der Waals surface area contributed by atoms with E-state index in [9.17, 15) is 9.59 Å². The highest BCUT2D eigenvalue weighted by Gasteiger charge is 2.30. The molecule has 2 saturated heterocycles. The average molecular weight is 304 g/mol. The summed E-state index contributed by atoms with van der Waals surface area (Å²) in [7, 11) is 0. The predicted molar refractivity (Wildman–Crippen MR) is 80.4 cm³/mol. The van der Waals surface area contributed by atoms with E-state index in [2.05, 4.69) is 9.88 Å².